The number of nitrogens with one attached hydrogen (secondary N) is 1. The van der Waals surface area contributed by atoms with Crippen LogP contribution in [0.1, 0.15) is 43.4 Å². The number of nitrogens with zero attached hydrogens (tertiary/aromatic N) is 2. The van der Waals surface area contributed by atoms with Gasteiger partial charge in [0.25, 0.3) is 0 Å². The van der Waals surface area contributed by atoms with Crippen molar-refractivity contribution in [3.63, 3.8) is 0 Å². The summed E-state index contributed by atoms with van der Waals surface area (Å²) in [7, 11) is 0. The number of rotatable bonds is 7. The van der Waals surface area contributed by atoms with Gasteiger partial charge in [-0.1, -0.05) is 26.7 Å². The van der Waals surface area contributed by atoms with E-state index >= 15 is 0 Å². The van der Waals surface area contributed by atoms with Crippen LogP contribution in [0.15, 0.2) is 6.07 Å². The van der Waals surface area contributed by atoms with Crippen molar-refractivity contribution in [1.82, 2.24) is 0 Å². The highest BCUT2D eigenvalue weighted by atomic mass is 19.4. The Kier molecular flexibility index (Phi) is 5.88. The maximum atomic E-state index is 13.2. The van der Waals surface area contributed by atoms with Crippen molar-refractivity contribution >= 4 is 11.4 Å². The van der Waals surface area contributed by atoms with Gasteiger partial charge in [0.2, 0.25) is 0 Å². The molecule has 0 radical (unpaired) electrons. The van der Waals surface area contributed by atoms with Gasteiger partial charge in [0.1, 0.15) is 0 Å². The lowest BCUT2D eigenvalue weighted by atomic mass is 9.93. The van der Waals surface area contributed by atoms with Gasteiger partial charge < -0.3 is 0 Å². The summed E-state index contributed by atoms with van der Waals surface area (Å²) < 4.78 is 39.6. The van der Waals surface area contributed by atoms with E-state index in [0.717, 1.165) is 6.07 Å². The predicted octanol–water partition coefficient (Wildman–Crippen LogP) is 4.12. The van der Waals surface area contributed by atoms with E-state index in [1.807, 2.05) is 0 Å². The van der Waals surface area contributed by atoms with Crippen LogP contribution in [0.25, 0.3) is 0 Å². The average molecular weight is 335 g/mol. The Bertz CT molecular complexity index is 617. The Balaban J connectivity index is 3.83. The van der Waals surface area contributed by atoms with Gasteiger partial charge in [-0.25, -0.2) is 10.1 Å². The summed E-state index contributed by atoms with van der Waals surface area (Å²) in [5.41, 5.74) is -1.72. The number of hydrogen-bond acceptors (Lipinski definition) is 4. The SMILES string of the molecule is CCCc1cc(C(F)(F)F)c(N[N+](=O)[O-])c([N+](=O)[O-])c1CCC. The maximum absolute atomic E-state index is 13.2. The normalized spacial score (nSPS) is 11.3. The largest absolute Gasteiger partial charge is 0.418 e. The second-order valence-electron chi connectivity index (χ2n) is 4.91. The van der Waals surface area contributed by atoms with Crippen LogP contribution < -0.4 is 5.43 Å². The number of aryl methyl sites for hydroxylation is 1. The van der Waals surface area contributed by atoms with E-state index in [2.05, 4.69) is 0 Å². The van der Waals surface area contributed by atoms with Crippen LogP contribution in [-0.4, -0.2) is 9.96 Å². The molecule has 0 atom stereocenters. The van der Waals surface area contributed by atoms with Crippen LogP contribution in [0.3, 0.4) is 0 Å². The molecule has 0 aliphatic rings. The Hall–Kier alpha value is -2.39. The van der Waals surface area contributed by atoms with Gasteiger partial charge in [-0.2, -0.15) is 13.2 Å². The maximum Gasteiger partial charge on any atom is 0.418 e. The Morgan fingerprint density at radius 3 is 2.09 bits per heavy atom. The van der Waals surface area contributed by atoms with E-state index in [1.54, 1.807) is 13.8 Å². The molecule has 0 aliphatic heterocycles. The molecule has 0 aromatic heterocycles. The number of nitro groups is 2. The summed E-state index contributed by atoms with van der Waals surface area (Å²) in [6, 6.07) is 0.771. The first-order valence-electron chi connectivity index (χ1n) is 6.94. The topological polar surface area (TPSA) is 98.3 Å². The van der Waals surface area contributed by atoms with Crippen molar-refractivity contribution in [3.8, 4) is 0 Å². The standard InChI is InChI=1S/C13H16F3N3O4/c1-3-5-8-7-10(13(14,15)16)11(17-19(22)23)12(18(20)21)9(8)6-4-2/h7,17H,3-6H2,1-2H3. The zero-order valence-corrected chi connectivity index (χ0v) is 12.6. The third-order valence-electron chi connectivity index (χ3n) is 3.21. The molecule has 0 bridgehead atoms. The van der Waals surface area contributed by atoms with Crippen molar-refractivity contribution in [3.05, 3.63) is 43.0 Å². The minimum absolute atomic E-state index is 0.108. The number of hydrogen-bond donors (Lipinski definition) is 1. The summed E-state index contributed by atoms with van der Waals surface area (Å²) in [5, 5.41) is 20.7. The van der Waals surface area contributed by atoms with Crippen molar-refractivity contribution in [2.75, 3.05) is 5.43 Å². The fourth-order valence-corrected chi connectivity index (χ4v) is 2.41. The molecule has 1 N–H and O–H groups in total. The van der Waals surface area contributed by atoms with Crippen LogP contribution >= 0.6 is 0 Å². The number of hydrazine groups is 1. The molecule has 0 heterocycles. The van der Waals surface area contributed by atoms with E-state index in [4.69, 9.17) is 0 Å². The first-order chi connectivity index (χ1) is 10.6. The average Bonchev–Trinajstić information content (AvgIpc) is 2.39. The van der Waals surface area contributed by atoms with Crippen LogP contribution in [0, 0.1) is 20.2 Å². The van der Waals surface area contributed by atoms with Gasteiger partial charge in [-0.05, 0) is 24.5 Å². The minimum Gasteiger partial charge on any atom is -0.258 e. The zero-order chi connectivity index (χ0) is 17.8. The number of anilines is 1. The lowest BCUT2D eigenvalue weighted by Gasteiger charge is -2.17. The summed E-state index contributed by atoms with van der Waals surface area (Å²) in [6.45, 7) is 3.45. The first-order valence-corrected chi connectivity index (χ1v) is 6.94. The van der Waals surface area contributed by atoms with Gasteiger partial charge >= 0.3 is 11.9 Å². The summed E-state index contributed by atoms with van der Waals surface area (Å²) in [4.78, 5) is 20.9. The molecule has 0 aliphatic carbocycles. The van der Waals surface area contributed by atoms with Crippen molar-refractivity contribution < 1.29 is 23.1 Å². The Morgan fingerprint density at radius 1 is 1.13 bits per heavy atom. The smallest absolute Gasteiger partial charge is 0.258 e. The molecule has 23 heavy (non-hydrogen) atoms. The van der Waals surface area contributed by atoms with Crippen LogP contribution in [-0.2, 0) is 19.0 Å². The van der Waals surface area contributed by atoms with Crippen molar-refractivity contribution in [2.24, 2.45) is 0 Å². The van der Waals surface area contributed by atoms with Gasteiger partial charge in [0, 0.05) is 5.56 Å². The third kappa shape index (κ3) is 4.30. The van der Waals surface area contributed by atoms with Crippen LogP contribution in [0.2, 0.25) is 0 Å². The predicted molar refractivity (Wildman–Crippen MR) is 76.7 cm³/mol. The number of alkyl halides is 3. The lowest BCUT2D eigenvalue weighted by molar-refractivity contribution is -0.447. The quantitative estimate of drug-likeness (QED) is 0.597. The number of nitro benzene ring substituents is 1. The van der Waals surface area contributed by atoms with E-state index in [-0.39, 0.29) is 24.0 Å². The van der Waals surface area contributed by atoms with Crippen LogP contribution in [0.5, 0.6) is 0 Å². The monoisotopic (exact) mass is 335 g/mol. The molecule has 10 heteroatoms. The molecule has 7 nitrogen and oxygen atoms in total. The summed E-state index contributed by atoms with van der Waals surface area (Å²) in [5.74, 6) is 0. The van der Waals surface area contributed by atoms with Gasteiger partial charge in [-0.15, -0.1) is 5.43 Å². The molecule has 1 rings (SSSR count). The van der Waals surface area contributed by atoms with E-state index in [1.165, 1.54) is 5.43 Å². The van der Waals surface area contributed by atoms with Crippen LogP contribution in [0.4, 0.5) is 24.5 Å². The molecule has 128 valence electrons. The number of benzene rings is 1. The molecular weight excluding hydrogens is 319 g/mol. The molecule has 0 unspecified atom stereocenters. The second kappa shape index (κ2) is 7.25. The molecular formula is C13H16F3N3O4. The summed E-state index contributed by atoms with van der Waals surface area (Å²) >= 11 is 0. The van der Waals surface area contributed by atoms with E-state index in [0.29, 0.717) is 12.8 Å². The van der Waals surface area contributed by atoms with Gasteiger partial charge in [0.05, 0.1) is 10.5 Å². The molecule has 0 amide bonds. The number of halogens is 3. The highest BCUT2D eigenvalue weighted by Crippen LogP contribution is 2.43. The van der Waals surface area contributed by atoms with Crippen molar-refractivity contribution in [1.29, 1.82) is 0 Å². The highest BCUT2D eigenvalue weighted by Gasteiger charge is 2.41. The van der Waals surface area contributed by atoms with Gasteiger partial charge in [0.15, 0.2) is 10.7 Å². The van der Waals surface area contributed by atoms with Gasteiger partial charge in [-0.3, -0.25) is 10.1 Å². The second-order valence-corrected chi connectivity index (χ2v) is 4.91. The summed E-state index contributed by atoms with van der Waals surface area (Å²) in [6.07, 6.45) is -3.61. The molecule has 0 saturated heterocycles. The molecule has 0 spiro atoms. The highest BCUT2D eigenvalue weighted by molar-refractivity contribution is 5.71. The first kappa shape index (κ1) is 18.7. The van der Waals surface area contributed by atoms with E-state index < -0.39 is 33.1 Å². The zero-order valence-electron chi connectivity index (χ0n) is 12.6. The fraction of sp³-hybridized carbons (Fsp3) is 0.538. The Labute approximate surface area is 129 Å². The fourth-order valence-electron chi connectivity index (χ4n) is 2.41. The Morgan fingerprint density at radius 2 is 1.70 bits per heavy atom. The molecule has 0 fully saturated rings. The van der Waals surface area contributed by atoms with Crippen molar-refractivity contribution in [2.45, 2.75) is 45.7 Å². The minimum atomic E-state index is -4.95. The van der Waals surface area contributed by atoms with E-state index in [9.17, 15) is 33.4 Å². The molecule has 1 aromatic carbocycles. The third-order valence-corrected chi connectivity index (χ3v) is 3.21. The molecule has 0 saturated carbocycles. The molecule has 1 aromatic rings. The lowest BCUT2D eigenvalue weighted by Crippen LogP contribution is -2.19.